The van der Waals surface area contributed by atoms with Gasteiger partial charge in [-0.15, -0.1) is 0 Å². The zero-order chi connectivity index (χ0) is 17.7. The molecule has 2 aromatic rings. The molecule has 0 bridgehead atoms. The van der Waals surface area contributed by atoms with E-state index in [2.05, 4.69) is 0 Å². The summed E-state index contributed by atoms with van der Waals surface area (Å²) in [5.74, 6) is -1.27. The lowest BCUT2D eigenvalue weighted by Crippen LogP contribution is -2.20. The highest BCUT2D eigenvalue weighted by atomic mass is 16.6. The van der Waals surface area contributed by atoms with Crippen molar-refractivity contribution in [3.05, 3.63) is 74.3 Å². The second kappa shape index (κ2) is 7.29. The van der Waals surface area contributed by atoms with Gasteiger partial charge in [-0.25, -0.2) is 4.79 Å². The molecule has 1 atom stereocenters. The number of carbonyl (C=O) groups is 1. The van der Waals surface area contributed by atoms with Gasteiger partial charge in [0.05, 0.1) is 15.9 Å². The number of ether oxygens (including phenoxy) is 2. The van der Waals surface area contributed by atoms with Gasteiger partial charge in [-0.05, 0) is 11.6 Å². The Morgan fingerprint density at radius 1 is 1.04 bits per heavy atom. The monoisotopic (exact) mass is 332 g/mol. The highest BCUT2D eigenvalue weighted by Crippen LogP contribution is 2.32. The summed E-state index contributed by atoms with van der Waals surface area (Å²) in [4.78, 5) is 32.3. The summed E-state index contributed by atoms with van der Waals surface area (Å²) in [6, 6.07) is 11.2. The van der Waals surface area contributed by atoms with E-state index in [4.69, 9.17) is 9.47 Å². The van der Waals surface area contributed by atoms with Crippen LogP contribution < -0.4 is 4.74 Å². The van der Waals surface area contributed by atoms with Gasteiger partial charge in [0, 0.05) is 13.2 Å². The van der Waals surface area contributed by atoms with Crippen LogP contribution in [0.3, 0.4) is 0 Å². The molecule has 124 valence electrons. The van der Waals surface area contributed by atoms with Crippen molar-refractivity contribution in [2.45, 2.75) is 6.10 Å². The smallest absolute Gasteiger partial charge is 0.345 e. The molecule has 2 rings (SSSR count). The van der Waals surface area contributed by atoms with Crippen LogP contribution in [0.5, 0.6) is 5.75 Å². The van der Waals surface area contributed by atoms with E-state index in [1.165, 1.54) is 7.11 Å². The molecule has 0 saturated carbocycles. The number of nitro groups is 2. The van der Waals surface area contributed by atoms with E-state index in [9.17, 15) is 25.0 Å². The van der Waals surface area contributed by atoms with E-state index in [1.54, 1.807) is 30.3 Å². The molecule has 9 heteroatoms. The zero-order valence-electron chi connectivity index (χ0n) is 12.4. The van der Waals surface area contributed by atoms with E-state index in [-0.39, 0.29) is 0 Å². The lowest BCUT2D eigenvalue weighted by molar-refractivity contribution is -0.394. The van der Waals surface area contributed by atoms with E-state index in [0.29, 0.717) is 5.56 Å². The first-order valence-electron chi connectivity index (χ1n) is 6.66. The van der Waals surface area contributed by atoms with Gasteiger partial charge < -0.3 is 9.47 Å². The van der Waals surface area contributed by atoms with Crippen molar-refractivity contribution in [1.29, 1.82) is 0 Å². The Bertz CT molecular complexity index is 777. The number of esters is 1. The minimum absolute atomic E-state index is 0.395. The molecule has 2 aromatic carbocycles. The summed E-state index contributed by atoms with van der Waals surface area (Å²) in [5, 5.41) is 21.8. The minimum Gasteiger partial charge on any atom is -0.417 e. The second-order valence-corrected chi connectivity index (χ2v) is 4.61. The Morgan fingerprint density at radius 3 is 2.25 bits per heavy atom. The van der Waals surface area contributed by atoms with E-state index < -0.39 is 39.0 Å². The molecule has 0 unspecified atom stereocenters. The van der Waals surface area contributed by atoms with Gasteiger partial charge in [0.15, 0.2) is 6.10 Å². The third-order valence-corrected chi connectivity index (χ3v) is 3.11. The lowest BCUT2D eigenvalue weighted by Gasteiger charge is -2.14. The predicted octanol–water partition coefficient (Wildman–Crippen LogP) is 2.80. The van der Waals surface area contributed by atoms with Crippen LogP contribution in [0.15, 0.2) is 48.5 Å². The summed E-state index contributed by atoms with van der Waals surface area (Å²) in [6.07, 6.45) is -1.08. The summed E-state index contributed by atoms with van der Waals surface area (Å²) < 4.78 is 10.1. The molecular formula is C15H12N2O7. The maximum absolute atomic E-state index is 12.2. The molecule has 0 aliphatic rings. The number of hydrogen-bond acceptors (Lipinski definition) is 7. The number of hydrogen-bond donors (Lipinski definition) is 0. The van der Waals surface area contributed by atoms with Crippen molar-refractivity contribution >= 4 is 17.3 Å². The summed E-state index contributed by atoms with van der Waals surface area (Å²) >= 11 is 0. The molecule has 0 radical (unpaired) electrons. The van der Waals surface area contributed by atoms with Gasteiger partial charge in [-0.3, -0.25) is 20.2 Å². The normalized spacial score (nSPS) is 11.5. The van der Waals surface area contributed by atoms with E-state index in [1.807, 2.05) is 0 Å². The largest absolute Gasteiger partial charge is 0.417 e. The molecule has 0 aliphatic heterocycles. The van der Waals surface area contributed by atoms with Gasteiger partial charge in [-0.1, -0.05) is 30.3 Å². The molecule has 0 saturated heterocycles. The maximum Gasteiger partial charge on any atom is 0.345 e. The Morgan fingerprint density at radius 2 is 1.71 bits per heavy atom. The van der Waals surface area contributed by atoms with E-state index in [0.717, 1.165) is 18.2 Å². The Labute approximate surface area is 135 Å². The predicted molar refractivity (Wildman–Crippen MR) is 81.6 cm³/mol. The third kappa shape index (κ3) is 3.70. The molecule has 0 N–H and O–H groups in total. The average Bonchev–Trinajstić information content (AvgIpc) is 2.56. The number of benzene rings is 2. The standard InChI is InChI=1S/C15H12N2O7/c1-23-14(10-5-3-2-4-6-10)15(18)24-13-8-7-11(16(19)20)9-12(13)17(21)22/h2-9,14H,1H3/t14-/m1/s1. The third-order valence-electron chi connectivity index (χ3n) is 3.11. The van der Waals surface area contributed by atoms with Crippen molar-refractivity contribution in [1.82, 2.24) is 0 Å². The van der Waals surface area contributed by atoms with Crippen LogP contribution in [0.2, 0.25) is 0 Å². The summed E-state index contributed by atoms with van der Waals surface area (Å²) in [7, 11) is 1.29. The fourth-order valence-corrected chi connectivity index (χ4v) is 2.01. The van der Waals surface area contributed by atoms with Crippen LogP contribution in [0.25, 0.3) is 0 Å². The molecule has 24 heavy (non-hydrogen) atoms. The molecule has 0 amide bonds. The number of methoxy groups -OCH3 is 1. The van der Waals surface area contributed by atoms with Gasteiger partial charge in [-0.2, -0.15) is 0 Å². The summed E-state index contributed by atoms with van der Waals surface area (Å²) in [5.41, 5.74) is -0.650. The molecular weight excluding hydrogens is 320 g/mol. The first kappa shape index (κ1) is 17.0. The zero-order valence-corrected chi connectivity index (χ0v) is 12.4. The van der Waals surface area contributed by atoms with Crippen molar-refractivity contribution in [3.63, 3.8) is 0 Å². The number of nitro benzene ring substituents is 2. The van der Waals surface area contributed by atoms with Gasteiger partial charge in [0.2, 0.25) is 5.75 Å². The maximum atomic E-state index is 12.2. The Kier molecular flexibility index (Phi) is 5.17. The average molecular weight is 332 g/mol. The van der Waals surface area contributed by atoms with Crippen molar-refractivity contribution in [2.75, 3.05) is 7.11 Å². The lowest BCUT2D eigenvalue weighted by atomic mass is 10.1. The Balaban J connectivity index is 2.31. The Hall–Kier alpha value is -3.33. The topological polar surface area (TPSA) is 122 Å². The van der Waals surface area contributed by atoms with Crippen LogP contribution in [0, 0.1) is 20.2 Å². The van der Waals surface area contributed by atoms with Crippen LogP contribution in [0.4, 0.5) is 11.4 Å². The molecule has 0 fully saturated rings. The van der Waals surface area contributed by atoms with Gasteiger partial charge >= 0.3 is 11.7 Å². The first-order chi connectivity index (χ1) is 11.4. The molecule has 0 spiro atoms. The van der Waals surface area contributed by atoms with Crippen LogP contribution in [0.1, 0.15) is 11.7 Å². The molecule has 0 aromatic heterocycles. The number of non-ortho nitro benzene ring substituents is 1. The van der Waals surface area contributed by atoms with Crippen molar-refractivity contribution in [2.24, 2.45) is 0 Å². The number of rotatable bonds is 6. The van der Waals surface area contributed by atoms with Gasteiger partial charge in [0.25, 0.3) is 5.69 Å². The molecule has 0 heterocycles. The molecule has 9 nitrogen and oxygen atoms in total. The van der Waals surface area contributed by atoms with E-state index >= 15 is 0 Å². The van der Waals surface area contributed by atoms with Crippen LogP contribution >= 0.6 is 0 Å². The highest BCUT2D eigenvalue weighted by Gasteiger charge is 2.27. The first-order valence-corrected chi connectivity index (χ1v) is 6.66. The molecule has 0 aliphatic carbocycles. The van der Waals surface area contributed by atoms with Crippen molar-refractivity contribution in [3.8, 4) is 5.75 Å². The quantitative estimate of drug-likeness (QED) is 0.345. The second-order valence-electron chi connectivity index (χ2n) is 4.61. The fraction of sp³-hybridized carbons (Fsp3) is 0.133. The number of carbonyl (C=O) groups excluding carboxylic acids is 1. The number of nitrogens with zero attached hydrogens (tertiary/aromatic N) is 2. The highest BCUT2D eigenvalue weighted by molar-refractivity contribution is 5.80. The fourth-order valence-electron chi connectivity index (χ4n) is 2.01. The van der Waals surface area contributed by atoms with Gasteiger partial charge in [0.1, 0.15) is 0 Å². The minimum atomic E-state index is -1.08. The van der Waals surface area contributed by atoms with Crippen LogP contribution in [-0.2, 0) is 9.53 Å². The van der Waals surface area contributed by atoms with Crippen LogP contribution in [-0.4, -0.2) is 22.9 Å². The van der Waals surface area contributed by atoms with Crippen molar-refractivity contribution < 1.29 is 24.1 Å². The SMILES string of the molecule is CO[C@@H](C(=O)Oc1ccc([N+](=O)[O-])cc1[N+](=O)[O-])c1ccccc1. The summed E-state index contributed by atoms with van der Waals surface area (Å²) in [6.45, 7) is 0.